The molecule has 2 aromatic heterocycles. The molecular weight excluding hydrogens is 472 g/mol. The number of nitrogens with one attached hydrogen (secondary N) is 1. The number of ether oxygens (including phenoxy) is 1. The van der Waals surface area contributed by atoms with Crippen LogP contribution in [0.2, 0.25) is 0 Å². The molecule has 34 heavy (non-hydrogen) atoms. The lowest BCUT2D eigenvalue weighted by molar-refractivity contribution is -0.140. The van der Waals surface area contributed by atoms with Crippen LogP contribution in [-0.2, 0) is 16.0 Å². The molecule has 0 radical (unpaired) electrons. The van der Waals surface area contributed by atoms with Gasteiger partial charge in [-0.25, -0.2) is 9.78 Å². The van der Waals surface area contributed by atoms with Crippen molar-refractivity contribution in [1.29, 1.82) is 0 Å². The van der Waals surface area contributed by atoms with Gasteiger partial charge >= 0.3 is 6.09 Å². The van der Waals surface area contributed by atoms with Crippen LogP contribution in [0.4, 0.5) is 9.93 Å². The normalized spacial score (nSPS) is 15.3. The molecule has 1 atom stereocenters. The standard InChI is InChI=1S/C24H28N4O4S2/c1-24(2,3)26-23(31)32-19(14-17-5-4-12-33-17)21(30)27-8-10-28(11-9-27)22-25-18-7-6-16(15-29)13-20(18)34-22/h4-7,12-13,15,19H,8-11,14H2,1-3H3,(H,26,31)/t19-/m0/s1. The molecule has 0 spiro atoms. The van der Waals surface area contributed by atoms with Gasteiger partial charge in [0.15, 0.2) is 11.2 Å². The van der Waals surface area contributed by atoms with Crippen molar-refractivity contribution >= 4 is 56.3 Å². The lowest BCUT2D eigenvalue weighted by atomic mass is 10.1. The molecule has 1 saturated heterocycles. The van der Waals surface area contributed by atoms with E-state index in [1.165, 1.54) is 11.3 Å². The van der Waals surface area contributed by atoms with Gasteiger partial charge < -0.3 is 19.9 Å². The number of hydrogen-bond donors (Lipinski definition) is 1. The molecule has 180 valence electrons. The number of anilines is 1. The number of aromatic nitrogens is 1. The summed E-state index contributed by atoms with van der Waals surface area (Å²) in [6, 6.07) is 9.33. The molecule has 10 heteroatoms. The fourth-order valence-corrected chi connectivity index (χ4v) is 5.52. The molecule has 4 rings (SSSR count). The minimum Gasteiger partial charge on any atom is -0.436 e. The monoisotopic (exact) mass is 500 g/mol. The third kappa shape index (κ3) is 5.92. The lowest BCUT2D eigenvalue weighted by Gasteiger charge is -2.36. The van der Waals surface area contributed by atoms with Crippen molar-refractivity contribution in [2.24, 2.45) is 0 Å². The van der Waals surface area contributed by atoms with Crippen molar-refractivity contribution in [3.05, 3.63) is 46.2 Å². The van der Waals surface area contributed by atoms with Crippen molar-refractivity contribution in [3.63, 3.8) is 0 Å². The SMILES string of the molecule is CC(C)(C)NC(=O)O[C@@H](Cc1cccs1)C(=O)N1CCN(c2nc3ccc(C=O)cc3s2)CC1. The van der Waals surface area contributed by atoms with Gasteiger partial charge in [-0.1, -0.05) is 17.4 Å². The molecule has 3 aromatic rings. The minimum atomic E-state index is -0.878. The van der Waals surface area contributed by atoms with Gasteiger partial charge in [-0.3, -0.25) is 9.59 Å². The number of rotatable bonds is 6. The van der Waals surface area contributed by atoms with E-state index in [0.29, 0.717) is 38.2 Å². The average molecular weight is 501 g/mol. The first-order valence-corrected chi connectivity index (χ1v) is 12.8. The number of thiophene rings is 1. The Labute approximate surface area is 206 Å². The molecule has 0 unspecified atom stereocenters. The number of carbonyl (C=O) groups excluding carboxylic acids is 3. The Balaban J connectivity index is 1.41. The van der Waals surface area contributed by atoms with Gasteiger partial charge in [-0.15, -0.1) is 11.3 Å². The lowest BCUT2D eigenvalue weighted by Crippen LogP contribution is -2.53. The Hall–Kier alpha value is -2.98. The Bertz CT molecular complexity index is 1160. The number of carbonyl (C=O) groups is 3. The average Bonchev–Trinajstić information content (AvgIpc) is 3.46. The second-order valence-electron chi connectivity index (χ2n) is 9.21. The van der Waals surface area contributed by atoms with Crippen molar-refractivity contribution in [2.75, 3.05) is 31.1 Å². The molecule has 1 aliphatic heterocycles. The zero-order chi connectivity index (χ0) is 24.3. The molecule has 0 aliphatic carbocycles. The summed E-state index contributed by atoms with van der Waals surface area (Å²) in [4.78, 5) is 46.4. The first-order valence-electron chi connectivity index (χ1n) is 11.1. The van der Waals surface area contributed by atoms with E-state index in [4.69, 9.17) is 4.74 Å². The first-order chi connectivity index (χ1) is 16.2. The number of fused-ring (bicyclic) bond motifs is 1. The van der Waals surface area contributed by atoms with Gasteiger partial charge in [-0.05, 0) is 50.4 Å². The smallest absolute Gasteiger partial charge is 0.408 e. The quantitative estimate of drug-likeness (QED) is 0.515. The highest BCUT2D eigenvalue weighted by molar-refractivity contribution is 7.22. The summed E-state index contributed by atoms with van der Waals surface area (Å²) in [6.07, 6.45) is -0.285. The number of thiazole rings is 1. The van der Waals surface area contributed by atoms with Gasteiger partial charge in [0, 0.05) is 48.6 Å². The fraction of sp³-hybridized carbons (Fsp3) is 0.417. The van der Waals surface area contributed by atoms with E-state index >= 15 is 0 Å². The van der Waals surface area contributed by atoms with E-state index in [1.54, 1.807) is 22.3 Å². The first kappa shape index (κ1) is 24.2. The molecule has 1 fully saturated rings. The maximum absolute atomic E-state index is 13.3. The van der Waals surface area contributed by atoms with Gasteiger partial charge in [0.2, 0.25) is 0 Å². The molecule has 0 bridgehead atoms. The number of alkyl carbamates (subject to hydrolysis) is 1. The van der Waals surface area contributed by atoms with Crippen molar-refractivity contribution in [2.45, 2.75) is 38.8 Å². The van der Waals surface area contributed by atoms with Crippen LogP contribution < -0.4 is 10.2 Å². The largest absolute Gasteiger partial charge is 0.436 e. The summed E-state index contributed by atoms with van der Waals surface area (Å²) in [5.41, 5.74) is 1.03. The van der Waals surface area contributed by atoms with E-state index in [1.807, 2.05) is 50.4 Å². The number of hydrogen-bond acceptors (Lipinski definition) is 8. The van der Waals surface area contributed by atoms with E-state index in [9.17, 15) is 14.4 Å². The second-order valence-corrected chi connectivity index (χ2v) is 11.2. The van der Waals surface area contributed by atoms with Crippen LogP contribution in [0.25, 0.3) is 10.2 Å². The summed E-state index contributed by atoms with van der Waals surface area (Å²) >= 11 is 3.08. The van der Waals surface area contributed by atoms with Crippen LogP contribution in [0, 0.1) is 0 Å². The van der Waals surface area contributed by atoms with Crippen molar-refractivity contribution in [1.82, 2.24) is 15.2 Å². The van der Waals surface area contributed by atoms with Crippen LogP contribution in [0.1, 0.15) is 36.0 Å². The number of nitrogens with zero attached hydrogens (tertiary/aromatic N) is 3. The number of piperazine rings is 1. The van der Waals surface area contributed by atoms with Crippen molar-refractivity contribution < 1.29 is 19.1 Å². The number of aldehydes is 1. The second kappa shape index (κ2) is 10.1. The highest BCUT2D eigenvalue weighted by Crippen LogP contribution is 2.30. The summed E-state index contributed by atoms with van der Waals surface area (Å²) in [5.74, 6) is -0.183. The zero-order valence-corrected chi connectivity index (χ0v) is 21.1. The third-order valence-electron chi connectivity index (χ3n) is 5.37. The molecule has 8 nitrogen and oxygen atoms in total. The van der Waals surface area contributed by atoms with Gasteiger partial charge in [-0.2, -0.15) is 0 Å². The maximum atomic E-state index is 13.3. The van der Waals surface area contributed by atoms with Crippen LogP contribution >= 0.6 is 22.7 Å². The van der Waals surface area contributed by atoms with E-state index in [-0.39, 0.29) is 5.91 Å². The predicted octanol–water partition coefficient (Wildman–Crippen LogP) is 3.95. The summed E-state index contributed by atoms with van der Waals surface area (Å²) in [5, 5.41) is 5.59. The van der Waals surface area contributed by atoms with Gasteiger partial charge in [0.1, 0.15) is 6.29 Å². The summed E-state index contributed by atoms with van der Waals surface area (Å²) in [6.45, 7) is 7.89. The Morgan fingerprint density at radius 1 is 1.21 bits per heavy atom. The van der Waals surface area contributed by atoms with E-state index < -0.39 is 17.7 Å². The van der Waals surface area contributed by atoms with Crippen LogP contribution in [0.15, 0.2) is 35.7 Å². The molecule has 1 aromatic carbocycles. The molecule has 1 aliphatic rings. The molecule has 0 saturated carbocycles. The third-order valence-corrected chi connectivity index (χ3v) is 7.35. The van der Waals surface area contributed by atoms with Gasteiger partial charge in [0.25, 0.3) is 5.91 Å². The number of benzene rings is 1. The Kier molecular flexibility index (Phi) is 7.18. The van der Waals surface area contributed by atoms with Crippen molar-refractivity contribution in [3.8, 4) is 0 Å². The molecular formula is C24H28N4O4S2. The highest BCUT2D eigenvalue weighted by atomic mass is 32.1. The van der Waals surface area contributed by atoms with Crippen LogP contribution in [-0.4, -0.2) is 66.0 Å². The minimum absolute atomic E-state index is 0.183. The maximum Gasteiger partial charge on any atom is 0.408 e. The predicted molar refractivity (Wildman–Crippen MR) is 135 cm³/mol. The van der Waals surface area contributed by atoms with E-state index in [0.717, 1.165) is 26.5 Å². The molecule has 2 amide bonds. The molecule has 1 N–H and O–H groups in total. The van der Waals surface area contributed by atoms with Crippen LogP contribution in [0.3, 0.4) is 0 Å². The van der Waals surface area contributed by atoms with Gasteiger partial charge in [0.05, 0.1) is 10.2 Å². The number of amides is 2. The zero-order valence-electron chi connectivity index (χ0n) is 19.4. The topological polar surface area (TPSA) is 91.8 Å². The summed E-state index contributed by atoms with van der Waals surface area (Å²) < 4.78 is 6.57. The Morgan fingerprint density at radius 2 is 1.97 bits per heavy atom. The Morgan fingerprint density at radius 3 is 2.62 bits per heavy atom. The summed E-state index contributed by atoms with van der Waals surface area (Å²) in [7, 11) is 0. The molecule has 3 heterocycles. The van der Waals surface area contributed by atoms with E-state index in [2.05, 4.69) is 15.2 Å². The fourth-order valence-electron chi connectivity index (χ4n) is 3.72. The van der Waals surface area contributed by atoms with Crippen LogP contribution in [0.5, 0.6) is 0 Å². The highest BCUT2D eigenvalue weighted by Gasteiger charge is 2.32.